The Balaban J connectivity index is 2.29. The Kier molecular flexibility index (Phi) is 7.92. The zero-order chi connectivity index (χ0) is 14.8. The Bertz CT molecular complexity index is 293. The van der Waals surface area contributed by atoms with Crippen molar-refractivity contribution in [2.24, 2.45) is 10.4 Å². The molecule has 0 atom stereocenters. The molecular formula is C15H31N3O2. The van der Waals surface area contributed by atoms with Crippen LogP contribution in [0.4, 0.5) is 0 Å². The predicted molar refractivity (Wildman–Crippen MR) is 83.3 cm³/mol. The van der Waals surface area contributed by atoms with Gasteiger partial charge in [0.1, 0.15) is 0 Å². The van der Waals surface area contributed by atoms with Gasteiger partial charge in [-0.1, -0.05) is 13.8 Å². The largest absolute Gasteiger partial charge is 0.382 e. The molecule has 0 aromatic heterocycles. The fraction of sp³-hybridized carbons (Fsp3) is 0.933. The maximum atomic E-state index is 5.45. The van der Waals surface area contributed by atoms with Crippen molar-refractivity contribution < 1.29 is 9.47 Å². The van der Waals surface area contributed by atoms with Crippen molar-refractivity contribution in [3.8, 4) is 0 Å². The summed E-state index contributed by atoms with van der Waals surface area (Å²) in [6.07, 6.45) is 2.19. The van der Waals surface area contributed by atoms with Gasteiger partial charge in [0.2, 0.25) is 0 Å². The third-order valence-electron chi connectivity index (χ3n) is 3.45. The van der Waals surface area contributed by atoms with E-state index in [0.717, 1.165) is 45.2 Å². The molecule has 0 bridgehead atoms. The van der Waals surface area contributed by atoms with E-state index >= 15 is 0 Å². The number of methoxy groups -OCH3 is 1. The summed E-state index contributed by atoms with van der Waals surface area (Å²) in [6, 6.07) is 0. The lowest BCUT2D eigenvalue weighted by Crippen LogP contribution is -2.40. The van der Waals surface area contributed by atoms with E-state index in [2.05, 4.69) is 31.0 Å². The first-order valence-electron chi connectivity index (χ1n) is 7.69. The zero-order valence-electron chi connectivity index (χ0n) is 13.6. The molecule has 118 valence electrons. The van der Waals surface area contributed by atoms with Crippen LogP contribution in [0.25, 0.3) is 0 Å². The molecule has 1 rings (SSSR count). The number of nitrogens with one attached hydrogen (secondary N) is 1. The normalized spacial score (nSPS) is 18.6. The molecule has 5 nitrogen and oxygen atoms in total. The van der Waals surface area contributed by atoms with Crippen LogP contribution < -0.4 is 5.32 Å². The SMILES string of the molecule is CCNC(=NCCCOCCOC)N1CCC(C)(C)C1. The molecule has 1 aliphatic heterocycles. The standard InChI is InChI=1S/C15H31N3O2/c1-5-16-14(18-9-7-15(2,3)13-18)17-8-6-10-20-12-11-19-4/h5-13H2,1-4H3,(H,16,17). The smallest absolute Gasteiger partial charge is 0.193 e. The van der Waals surface area contributed by atoms with Crippen molar-refractivity contribution in [1.29, 1.82) is 0 Å². The monoisotopic (exact) mass is 285 g/mol. The Morgan fingerprint density at radius 3 is 2.70 bits per heavy atom. The third kappa shape index (κ3) is 6.57. The van der Waals surface area contributed by atoms with E-state index in [0.29, 0.717) is 18.6 Å². The van der Waals surface area contributed by atoms with Gasteiger partial charge in [0.25, 0.3) is 0 Å². The Hall–Kier alpha value is -0.810. The molecule has 1 aliphatic rings. The number of hydrogen-bond acceptors (Lipinski definition) is 3. The van der Waals surface area contributed by atoms with Crippen LogP contribution in [0.3, 0.4) is 0 Å². The molecular weight excluding hydrogens is 254 g/mol. The van der Waals surface area contributed by atoms with Gasteiger partial charge < -0.3 is 19.7 Å². The predicted octanol–water partition coefficient (Wildman–Crippen LogP) is 1.74. The molecule has 5 heteroatoms. The van der Waals surface area contributed by atoms with Gasteiger partial charge >= 0.3 is 0 Å². The second-order valence-corrected chi connectivity index (χ2v) is 6.03. The van der Waals surface area contributed by atoms with Gasteiger partial charge in [-0.05, 0) is 25.2 Å². The highest BCUT2D eigenvalue weighted by Crippen LogP contribution is 2.28. The molecule has 0 aromatic rings. The summed E-state index contributed by atoms with van der Waals surface area (Å²) in [5.41, 5.74) is 0.402. The van der Waals surface area contributed by atoms with E-state index < -0.39 is 0 Å². The zero-order valence-corrected chi connectivity index (χ0v) is 13.6. The lowest BCUT2D eigenvalue weighted by Gasteiger charge is -2.23. The minimum atomic E-state index is 0.402. The molecule has 0 aliphatic carbocycles. The number of rotatable bonds is 8. The molecule has 1 N–H and O–H groups in total. The van der Waals surface area contributed by atoms with Gasteiger partial charge in [0, 0.05) is 39.9 Å². The average molecular weight is 285 g/mol. The van der Waals surface area contributed by atoms with Crippen molar-refractivity contribution >= 4 is 5.96 Å². The second kappa shape index (κ2) is 9.19. The van der Waals surface area contributed by atoms with Gasteiger partial charge in [-0.2, -0.15) is 0 Å². The van der Waals surface area contributed by atoms with Crippen LogP contribution in [0, 0.1) is 5.41 Å². The number of aliphatic imine (C=N–C) groups is 1. The highest BCUT2D eigenvalue weighted by Gasteiger charge is 2.30. The van der Waals surface area contributed by atoms with Gasteiger partial charge in [0.15, 0.2) is 5.96 Å². The van der Waals surface area contributed by atoms with Crippen LogP contribution in [-0.2, 0) is 9.47 Å². The molecule has 1 saturated heterocycles. The molecule has 0 unspecified atom stereocenters. The topological polar surface area (TPSA) is 46.1 Å². The van der Waals surface area contributed by atoms with E-state index in [-0.39, 0.29) is 0 Å². The number of likely N-dealkylation sites (tertiary alicyclic amines) is 1. The summed E-state index contributed by atoms with van der Waals surface area (Å²) in [5, 5.41) is 3.39. The summed E-state index contributed by atoms with van der Waals surface area (Å²) in [7, 11) is 1.69. The first-order valence-corrected chi connectivity index (χ1v) is 7.69. The van der Waals surface area contributed by atoms with Crippen LogP contribution in [0.5, 0.6) is 0 Å². The van der Waals surface area contributed by atoms with Crippen LogP contribution in [0.15, 0.2) is 4.99 Å². The van der Waals surface area contributed by atoms with E-state index in [1.165, 1.54) is 6.42 Å². The Morgan fingerprint density at radius 2 is 2.10 bits per heavy atom. The molecule has 0 spiro atoms. The molecule has 1 heterocycles. The summed E-state index contributed by atoms with van der Waals surface area (Å²) in [5.74, 6) is 1.05. The van der Waals surface area contributed by atoms with Gasteiger partial charge in [-0.15, -0.1) is 0 Å². The second-order valence-electron chi connectivity index (χ2n) is 6.03. The van der Waals surface area contributed by atoms with Gasteiger partial charge in [0.05, 0.1) is 13.2 Å². The van der Waals surface area contributed by atoms with Crippen LogP contribution >= 0.6 is 0 Å². The first-order chi connectivity index (χ1) is 9.59. The minimum absolute atomic E-state index is 0.402. The van der Waals surface area contributed by atoms with Crippen LogP contribution in [-0.4, -0.2) is 64.0 Å². The van der Waals surface area contributed by atoms with Crippen molar-refractivity contribution in [1.82, 2.24) is 10.2 Å². The highest BCUT2D eigenvalue weighted by molar-refractivity contribution is 5.80. The Morgan fingerprint density at radius 1 is 1.30 bits per heavy atom. The van der Waals surface area contributed by atoms with Crippen molar-refractivity contribution in [2.45, 2.75) is 33.6 Å². The average Bonchev–Trinajstić information content (AvgIpc) is 2.77. The minimum Gasteiger partial charge on any atom is -0.382 e. The third-order valence-corrected chi connectivity index (χ3v) is 3.45. The van der Waals surface area contributed by atoms with Crippen molar-refractivity contribution in [3.05, 3.63) is 0 Å². The highest BCUT2D eigenvalue weighted by atomic mass is 16.5. The van der Waals surface area contributed by atoms with E-state index in [4.69, 9.17) is 14.5 Å². The van der Waals surface area contributed by atoms with Crippen molar-refractivity contribution in [3.63, 3.8) is 0 Å². The molecule has 20 heavy (non-hydrogen) atoms. The quantitative estimate of drug-likeness (QED) is 0.419. The summed E-state index contributed by atoms with van der Waals surface area (Å²) >= 11 is 0. The van der Waals surface area contributed by atoms with Crippen LogP contribution in [0.2, 0.25) is 0 Å². The fourth-order valence-corrected chi connectivity index (χ4v) is 2.31. The van der Waals surface area contributed by atoms with Gasteiger partial charge in [-0.25, -0.2) is 0 Å². The van der Waals surface area contributed by atoms with Crippen molar-refractivity contribution in [2.75, 3.05) is 53.1 Å². The number of hydrogen-bond donors (Lipinski definition) is 1. The lowest BCUT2D eigenvalue weighted by molar-refractivity contribution is 0.0702. The van der Waals surface area contributed by atoms with E-state index in [1.54, 1.807) is 7.11 Å². The summed E-state index contributed by atoms with van der Waals surface area (Å²) in [6.45, 7) is 12.7. The molecule has 1 fully saturated rings. The number of ether oxygens (including phenoxy) is 2. The van der Waals surface area contributed by atoms with E-state index in [1.807, 2.05) is 0 Å². The fourth-order valence-electron chi connectivity index (χ4n) is 2.31. The van der Waals surface area contributed by atoms with Crippen LogP contribution in [0.1, 0.15) is 33.6 Å². The summed E-state index contributed by atoms with van der Waals surface area (Å²) < 4.78 is 10.4. The first kappa shape index (κ1) is 17.2. The molecule has 0 amide bonds. The Labute approximate surface area is 123 Å². The van der Waals surface area contributed by atoms with E-state index in [9.17, 15) is 0 Å². The molecule has 0 aromatic carbocycles. The molecule has 0 saturated carbocycles. The maximum Gasteiger partial charge on any atom is 0.193 e. The number of nitrogens with zero attached hydrogens (tertiary/aromatic N) is 2. The number of guanidine groups is 1. The maximum absolute atomic E-state index is 5.45. The van der Waals surface area contributed by atoms with Gasteiger partial charge in [-0.3, -0.25) is 4.99 Å². The molecule has 0 radical (unpaired) electrons. The summed E-state index contributed by atoms with van der Waals surface area (Å²) in [4.78, 5) is 7.07. The lowest BCUT2D eigenvalue weighted by atomic mass is 9.93.